The van der Waals surface area contributed by atoms with Crippen molar-refractivity contribution in [3.05, 3.63) is 35.4 Å². The molecule has 2 rings (SSSR count). The highest BCUT2D eigenvalue weighted by molar-refractivity contribution is 5.87. The smallest absolute Gasteiger partial charge is 0.335 e. The maximum atomic E-state index is 10.7. The van der Waals surface area contributed by atoms with E-state index in [1.807, 2.05) is 19.2 Å². The van der Waals surface area contributed by atoms with Gasteiger partial charge < -0.3 is 10.4 Å². The van der Waals surface area contributed by atoms with Gasteiger partial charge in [0.25, 0.3) is 0 Å². The van der Waals surface area contributed by atoms with Crippen LogP contribution in [-0.2, 0) is 6.42 Å². The lowest BCUT2D eigenvalue weighted by Gasteiger charge is -2.13. The van der Waals surface area contributed by atoms with Gasteiger partial charge in [0, 0.05) is 5.54 Å². The van der Waals surface area contributed by atoms with Gasteiger partial charge in [-0.05, 0) is 44.0 Å². The molecule has 0 spiro atoms. The van der Waals surface area contributed by atoms with E-state index in [-0.39, 0.29) is 5.54 Å². The molecule has 1 aliphatic carbocycles. The SMILES string of the molecule is CNC1(Cc2ccc(C(=O)O)cc2)CC1. The number of hydrogen-bond acceptors (Lipinski definition) is 2. The van der Waals surface area contributed by atoms with Gasteiger partial charge in [-0.2, -0.15) is 0 Å². The molecular formula is C12H15NO2. The second-order valence-electron chi connectivity index (χ2n) is 4.21. The van der Waals surface area contributed by atoms with Crippen LogP contribution in [0, 0.1) is 0 Å². The first-order chi connectivity index (χ1) is 7.15. The predicted octanol–water partition coefficient (Wildman–Crippen LogP) is 1.68. The zero-order valence-corrected chi connectivity index (χ0v) is 8.79. The number of nitrogens with one attached hydrogen (secondary N) is 1. The summed E-state index contributed by atoms with van der Waals surface area (Å²) in [4.78, 5) is 10.7. The van der Waals surface area contributed by atoms with E-state index in [1.165, 1.54) is 18.4 Å². The Labute approximate surface area is 89.1 Å². The van der Waals surface area contributed by atoms with E-state index in [0.717, 1.165) is 6.42 Å². The van der Waals surface area contributed by atoms with Crippen LogP contribution >= 0.6 is 0 Å². The van der Waals surface area contributed by atoms with Gasteiger partial charge in [0.15, 0.2) is 0 Å². The average molecular weight is 205 g/mol. The number of benzene rings is 1. The van der Waals surface area contributed by atoms with Crippen LogP contribution in [0.4, 0.5) is 0 Å². The van der Waals surface area contributed by atoms with Gasteiger partial charge in [-0.1, -0.05) is 12.1 Å². The van der Waals surface area contributed by atoms with Crippen LogP contribution < -0.4 is 5.32 Å². The Kier molecular flexibility index (Phi) is 2.49. The highest BCUT2D eigenvalue weighted by Crippen LogP contribution is 2.37. The molecule has 0 amide bonds. The van der Waals surface area contributed by atoms with Gasteiger partial charge in [-0.25, -0.2) is 4.79 Å². The first-order valence-electron chi connectivity index (χ1n) is 5.16. The van der Waals surface area contributed by atoms with E-state index in [0.29, 0.717) is 5.56 Å². The van der Waals surface area contributed by atoms with Crippen molar-refractivity contribution in [2.24, 2.45) is 0 Å². The molecule has 0 unspecified atom stereocenters. The van der Waals surface area contributed by atoms with Gasteiger partial charge >= 0.3 is 5.97 Å². The molecule has 0 radical (unpaired) electrons. The van der Waals surface area contributed by atoms with Crippen molar-refractivity contribution in [3.63, 3.8) is 0 Å². The maximum absolute atomic E-state index is 10.7. The zero-order valence-electron chi connectivity index (χ0n) is 8.79. The van der Waals surface area contributed by atoms with E-state index >= 15 is 0 Å². The molecule has 0 atom stereocenters. The molecule has 2 N–H and O–H groups in total. The summed E-state index contributed by atoms with van der Waals surface area (Å²) in [5.41, 5.74) is 1.84. The Morgan fingerprint density at radius 2 is 2.00 bits per heavy atom. The average Bonchev–Trinajstić information content (AvgIpc) is 2.99. The fourth-order valence-corrected chi connectivity index (χ4v) is 1.82. The summed E-state index contributed by atoms with van der Waals surface area (Å²) in [5, 5.41) is 12.1. The molecule has 1 aromatic carbocycles. The van der Waals surface area contributed by atoms with E-state index in [4.69, 9.17) is 5.11 Å². The number of aromatic carboxylic acids is 1. The van der Waals surface area contributed by atoms with Crippen LogP contribution in [0.1, 0.15) is 28.8 Å². The summed E-state index contributed by atoms with van der Waals surface area (Å²) in [7, 11) is 1.98. The minimum Gasteiger partial charge on any atom is -0.478 e. The summed E-state index contributed by atoms with van der Waals surface area (Å²) < 4.78 is 0. The lowest BCUT2D eigenvalue weighted by atomic mass is 10.0. The molecule has 0 heterocycles. The normalized spacial score (nSPS) is 17.4. The fourth-order valence-electron chi connectivity index (χ4n) is 1.82. The van der Waals surface area contributed by atoms with Crippen LogP contribution in [0.2, 0.25) is 0 Å². The summed E-state index contributed by atoms with van der Waals surface area (Å²) in [5.74, 6) is -0.865. The molecule has 1 saturated carbocycles. The van der Waals surface area contributed by atoms with Crippen molar-refractivity contribution >= 4 is 5.97 Å². The van der Waals surface area contributed by atoms with E-state index in [9.17, 15) is 4.79 Å². The lowest BCUT2D eigenvalue weighted by Crippen LogP contribution is -2.29. The van der Waals surface area contributed by atoms with Crippen LogP contribution in [0.25, 0.3) is 0 Å². The van der Waals surface area contributed by atoms with Crippen LogP contribution in [0.5, 0.6) is 0 Å². The highest BCUT2D eigenvalue weighted by Gasteiger charge is 2.40. The van der Waals surface area contributed by atoms with Crippen LogP contribution in [-0.4, -0.2) is 23.7 Å². The van der Waals surface area contributed by atoms with Crippen molar-refractivity contribution in [2.75, 3.05) is 7.05 Å². The second-order valence-corrected chi connectivity index (χ2v) is 4.21. The first kappa shape index (κ1) is 10.2. The third-order valence-electron chi connectivity index (χ3n) is 3.13. The molecule has 0 aliphatic heterocycles. The summed E-state index contributed by atoms with van der Waals surface area (Å²) >= 11 is 0. The minimum absolute atomic E-state index is 0.282. The molecule has 3 nitrogen and oxygen atoms in total. The summed E-state index contributed by atoms with van der Waals surface area (Å²) in [6.07, 6.45) is 3.41. The number of hydrogen-bond donors (Lipinski definition) is 2. The zero-order chi connectivity index (χ0) is 10.9. The number of carboxylic acids is 1. The van der Waals surface area contributed by atoms with Crippen molar-refractivity contribution in [1.29, 1.82) is 0 Å². The number of likely N-dealkylation sites (N-methyl/N-ethyl adjacent to an activating group) is 1. The molecule has 1 aromatic rings. The molecule has 0 aromatic heterocycles. The maximum Gasteiger partial charge on any atom is 0.335 e. The standard InChI is InChI=1S/C12H15NO2/c1-13-12(6-7-12)8-9-2-4-10(5-3-9)11(14)15/h2-5,13H,6-8H2,1H3,(H,14,15). The van der Waals surface area contributed by atoms with Gasteiger partial charge in [-0.3, -0.25) is 0 Å². The molecule has 0 bridgehead atoms. The fraction of sp³-hybridized carbons (Fsp3) is 0.417. The molecule has 3 heteroatoms. The first-order valence-corrected chi connectivity index (χ1v) is 5.16. The van der Waals surface area contributed by atoms with Crippen molar-refractivity contribution in [2.45, 2.75) is 24.8 Å². The Morgan fingerprint density at radius 3 is 2.40 bits per heavy atom. The van der Waals surface area contributed by atoms with Gasteiger partial charge in [0.2, 0.25) is 0 Å². The number of carbonyl (C=O) groups is 1. The van der Waals surface area contributed by atoms with Crippen molar-refractivity contribution in [1.82, 2.24) is 5.32 Å². The molecule has 80 valence electrons. The van der Waals surface area contributed by atoms with E-state index in [2.05, 4.69) is 5.32 Å². The monoisotopic (exact) mass is 205 g/mol. The highest BCUT2D eigenvalue weighted by atomic mass is 16.4. The second kappa shape index (κ2) is 3.66. The molecular weight excluding hydrogens is 190 g/mol. The Bertz CT molecular complexity index is 366. The Morgan fingerprint density at radius 1 is 1.40 bits per heavy atom. The Hall–Kier alpha value is -1.35. The third-order valence-corrected chi connectivity index (χ3v) is 3.13. The van der Waals surface area contributed by atoms with Crippen LogP contribution in [0.3, 0.4) is 0 Å². The largest absolute Gasteiger partial charge is 0.478 e. The Balaban J connectivity index is 2.07. The quantitative estimate of drug-likeness (QED) is 0.786. The van der Waals surface area contributed by atoms with Crippen molar-refractivity contribution in [3.8, 4) is 0 Å². The topological polar surface area (TPSA) is 49.3 Å². The van der Waals surface area contributed by atoms with Crippen LogP contribution in [0.15, 0.2) is 24.3 Å². The summed E-state index contributed by atoms with van der Waals surface area (Å²) in [6, 6.07) is 7.15. The number of carboxylic acid groups (broad SMARTS) is 1. The van der Waals surface area contributed by atoms with Gasteiger partial charge in [-0.15, -0.1) is 0 Å². The molecule has 1 fully saturated rings. The van der Waals surface area contributed by atoms with Gasteiger partial charge in [0.1, 0.15) is 0 Å². The molecule has 1 aliphatic rings. The molecule has 15 heavy (non-hydrogen) atoms. The third kappa shape index (κ3) is 2.18. The van der Waals surface area contributed by atoms with Crippen molar-refractivity contribution < 1.29 is 9.90 Å². The molecule has 0 saturated heterocycles. The number of rotatable bonds is 4. The van der Waals surface area contributed by atoms with E-state index in [1.54, 1.807) is 12.1 Å². The predicted molar refractivity (Wildman–Crippen MR) is 58.1 cm³/mol. The van der Waals surface area contributed by atoms with Gasteiger partial charge in [0.05, 0.1) is 5.56 Å². The minimum atomic E-state index is -0.865. The summed E-state index contributed by atoms with van der Waals surface area (Å²) in [6.45, 7) is 0. The van der Waals surface area contributed by atoms with E-state index < -0.39 is 5.97 Å². The lowest BCUT2D eigenvalue weighted by molar-refractivity contribution is 0.0697.